The highest BCUT2D eigenvalue weighted by atomic mass is 32.2. The molecule has 1 atom stereocenters. The molecule has 0 aliphatic carbocycles. The molecule has 2 rings (SSSR count). The summed E-state index contributed by atoms with van der Waals surface area (Å²) in [4.78, 5) is 18.4. The van der Waals surface area contributed by atoms with Crippen LogP contribution in [0.25, 0.3) is 0 Å². The van der Waals surface area contributed by atoms with Crippen LogP contribution in [0.3, 0.4) is 0 Å². The summed E-state index contributed by atoms with van der Waals surface area (Å²) in [5.74, 6) is -0.0649. The van der Waals surface area contributed by atoms with Crippen LogP contribution in [-0.4, -0.2) is 56.8 Å². The fourth-order valence-electron chi connectivity index (χ4n) is 2.58. The van der Waals surface area contributed by atoms with E-state index in [1.807, 2.05) is 13.2 Å². The van der Waals surface area contributed by atoms with Crippen LogP contribution in [0.15, 0.2) is 4.90 Å². The molecule has 1 fully saturated rings. The van der Waals surface area contributed by atoms with E-state index in [9.17, 15) is 4.79 Å². The zero-order chi connectivity index (χ0) is 15.6. The molecule has 0 aromatic carbocycles. The first-order valence-corrected chi connectivity index (χ1v) is 9.19. The molecule has 118 valence electrons. The molecule has 1 aromatic heterocycles. The summed E-state index contributed by atoms with van der Waals surface area (Å²) in [5.41, 5.74) is 6.83. The molecule has 2 heterocycles. The molecule has 1 aromatic rings. The van der Waals surface area contributed by atoms with E-state index in [4.69, 9.17) is 5.73 Å². The van der Waals surface area contributed by atoms with E-state index in [-0.39, 0.29) is 5.91 Å². The van der Waals surface area contributed by atoms with E-state index in [1.165, 1.54) is 11.3 Å². The lowest BCUT2D eigenvalue weighted by atomic mass is 10.2. The summed E-state index contributed by atoms with van der Waals surface area (Å²) in [6, 6.07) is 0.566. The van der Waals surface area contributed by atoms with E-state index in [0.717, 1.165) is 29.4 Å². The molecule has 0 bridgehead atoms. The van der Waals surface area contributed by atoms with Crippen molar-refractivity contribution in [2.75, 3.05) is 50.6 Å². The zero-order valence-electron chi connectivity index (χ0n) is 13.1. The van der Waals surface area contributed by atoms with Crippen LogP contribution in [0.1, 0.15) is 23.0 Å². The van der Waals surface area contributed by atoms with Gasteiger partial charge in [-0.25, -0.2) is 0 Å². The Morgan fingerprint density at radius 3 is 2.81 bits per heavy atom. The maximum Gasteiger partial charge on any atom is 0.263 e. The molecule has 0 radical (unpaired) electrons. The van der Waals surface area contributed by atoms with Crippen molar-refractivity contribution in [2.45, 2.75) is 24.3 Å². The van der Waals surface area contributed by atoms with Crippen LogP contribution in [0, 0.1) is 0 Å². The van der Waals surface area contributed by atoms with Gasteiger partial charge in [0, 0.05) is 25.7 Å². The molecule has 7 heteroatoms. The van der Waals surface area contributed by atoms with Gasteiger partial charge in [-0.05, 0) is 33.7 Å². The Balaban J connectivity index is 2.28. The molecule has 1 unspecified atom stereocenters. The number of hydrogen-bond acceptors (Lipinski definition) is 6. The SMILES string of the molecule is CCNC(=O)c1sc(N2CCC(N(C)C)C2)c(SC)c1N. The molecule has 3 N–H and O–H groups in total. The molecule has 1 amide bonds. The normalized spacial score (nSPS) is 18.5. The number of nitrogens with zero attached hydrogens (tertiary/aromatic N) is 2. The van der Waals surface area contributed by atoms with Crippen molar-refractivity contribution in [1.29, 1.82) is 0 Å². The van der Waals surface area contributed by atoms with Crippen molar-refractivity contribution < 1.29 is 4.79 Å². The standard InChI is InChI=1S/C14H24N4OS2/c1-5-16-13(19)11-10(15)12(20-4)14(21-11)18-7-6-9(8-18)17(2)3/h9H,5-8,15H2,1-4H3,(H,16,19). The maximum atomic E-state index is 12.1. The summed E-state index contributed by atoms with van der Waals surface area (Å²) in [7, 11) is 4.24. The van der Waals surface area contributed by atoms with Crippen molar-refractivity contribution in [3.63, 3.8) is 0 Å². The lowest BCUT2D eigenvalue weighted by Gasteiger charge is -2.21. The Hall–Kier alpha value is -0.920. The van der Waals surface area contributed by atoms with Crippen molar-refractivity contribution in [2.24, 2.45) is 0 Å². The van der Waals surface area contributed by atoms with Crippen LogP contribution in [0.2, 0.25) is 0 Å². The minimum Gasteiger partial charge on any atom is -0.396 e. The summed E-state index contributed by atoms with van der Waals surface area (Å²) in [6.45, 7) is 4.55. The van der Waals surface area contributed by atoms with Gasteiger partial charge in [0.1, 0.15) is 9.88 Å². The second-order valence-corrected chi connectivity index (χ2v) is 7.21. The summed E-state index contributed by atoms with van der Waals surface area (Å²) >= 11 is 3.14. The highest BCUT2D eigenvalue weighted by Crippen LogP contribution is 2.44. The Morgan fingerprint density at radius 2 is 2.29 bits per heavy atom. The molecule has 0 saturated carbocycles. The minimum absolute atomic E-state index is 0.0649. The van der Waals surface area contributed by atoms with Gasteiger partial charge in [0.15, 0.2) is 0 Å². The number of amides is 1. The molecule has 1 aliphatic heterocycles. The zero-order valence-corrected chi connectivity index (χ0v) is 14.7. The number of thioether (sulfide) groups is 1. The largest absolute Gasteiger partial charge is 0.396 e. The predicted octanol–water partition coefficient (Wildman–Crippen LogP) is 1.94. The van der Waals surface area contributed by atoms with Gasteiger partial charge in [0.2, 0.25) is 0 Å². The van der Waals surface area contributed by atoms with Gasteiger partial charge in [-0.15, -0.1) is 23.1 Å². The van der Waals surface area contributed by atoms with E-state index in [1.54, 1.807) is 11.8 Å². The van der Waals surface area contributed by atoms with Crippen LogP contribution >= 0.6 is 23.1 Å². The molecule has 21 heavy (non-hydrogen) atoms. The van der Waals surface area contributed by atoms with Gasteiger partial charge in [0.05, 0.1) is 10.6 Å². The van der Waals surface area contributed by atoms with E-state index in [0.29, 0.717) is 23.2 Å². The van der Waals surface area contributed by atoms with Gasteiger partial charge in [-0.3, -0.25) is 4.79 Å². The highest BCUT2D eigenvalue weighted by molar-refractivity contribution is 7.99. The number of nitrogens with two attached hydrogens (primary N) is 1. The third-order valence-corrected chi connectivity index (χ3v) is 6.03. The second kappa shape index (κ2) is 6.89. The van der Waals surface area contributed by atoms with Crippen molar-refractivity contribution in [3.8, 4) is 0 Å². The predicted molar refractivity (Wildman–Crippen MR) is 92.8 cm³/mol. The van der Waals surface area contributed by atoms with Crippen molar-refractivity contribution in [1.82, 2.24) is 10.2 Å². The third-order valence-electron chi connectivity index (χ3n) is 3.81. The number of hydrogen-bond donors (Lipinski definition) is 2. The number of thiophene rings is 1. The minimum atomic E-state index is -0.0649. The Kier molecular flexibility index (Phi) is 5.40. The average molecular weight is 329 g/mol. The van der Waals surface area contributed by atoms with Crippen LogP contribution in [0.5, 0.6) is 0 Å². The Bertz CT molecular complexity index is 515. The third kappa shape index (κ3) is 3.30. The maximum absolute atomic E-state index is 12.1. The van der Waals surface area contributed by atoms with E-state index >= 15 is 0 Å². The van der Waals surface area contributed by atoms with Crippen LogP contribution in [-0.2, 0) is 0 Å². The van der Waals surface area contributed by atoms with Crippen LogP contribution < -0.4 is 16.0 Å². The second-order valence-electron chi connectivity index (χ2n) is 5.39. The molecule has 1 saturated heterocycles. The molecule has 5 nitrogen and oxygen atoms in total. The number of carbonyl (C=O) groups is 1. The van der Waals surface area contributed by atoms with E-state index < -0.39 is 0 Å². The lowest BCUT2D eigenvalue weighted by molar-refractivity contribution is 0.0960. The van der Waals surface area contributed by atoms with Gasteiger partial charge in [-0.1, -0.05) is 0 Å². The fraction of sp³-hybridized carbons (Fsp3) is 0.643. The van der Waals surface area contributed by atoms with Gasteiger partial charge >= 0.3 is 0 Å². The number of carbonyl (C=O) groups excluding carboxylic acids is 1. The number of anilines is 2. The topological polar surface area (TPSA) is 61.6 Å². The Morgan fingerprint density at radius 1 is 1.57 bits per heavy atom. The first kappa shape index (κ1) is 16.5. The number of nitrogens with one attached hydrogen (secondary N) is 1. The van der Waals surface area contributed by atoms with Gasteiger partial charge < -0.3 is 20.9 Å². The first-order valence-electron chi connectivity index (χ1n) is 7.15. The Labute approximate surface area is 134 Å². The number of likely N-dealkylation sites (N-methyl/N-ethyl adjacent to an activating group) is 1. The number of nitrogen functional groups attached to an aromatic ring is 1. The van der Waals surface area contributed by atoms with E-state index in [2.05, 4.69) is 29.2 Å². The fourth-order valence-corrected chi connectivity index (χ4v) is 4.71. The average Bonchev–Trinajstić information content (AvgIpc) is 3.03. The molecule has 0 spiro atoms. The van der Waals surface area contributed by atoms with Crippen LogP contribution in [0.4, 0.5) is 10.7 Å². The van der Waals surface area contributed by atoms with Crippen molar-refractivity contribution in [3.05, 3.63) is 4.88 Å². The molecule has 1 aliphatic rings. The molecular weight excluding hydrogens is 304 g/mol. The van der Waals surface area contributed by atoms with Gasteiger partial charge in [-0.2, -0.15) is 0 Å². The monoisotopic (exact) mass is 328 g/mol. The quantitative estimate of drug-likeness (QED) is 0.809. The summed E-state index contributed by atoms with van der Waals surface area (Å²) in [6.07, 6.45) is 3.16. The first-order chi connectivity index (χ1) is 9.99. The molecular formula is C14H24N4OS2. The smallest absolute Gasteiger partial charge is 0.263 e. The highest BCUT2D eigenvalue weighted by Gasteiger charge is 2.29. The lowest BCUT2D eigenvalue weighted by Crippen LogP contribution is -2.31. The summed E-state index contributed by atoms with van der Waals surface area (Å²) in [5, 5.41) is 3.98. The summed E-state index contributed by atoms with van der Waals surface area (Å²) < 4.78 is 0. The number of rotatable bonds is 5. The van der Waals surface area contributed by atoms with Gasteiger partial charge in [0.25, 0.3) is 5.91 Å². The van der Waals surface area contributed by atoms with Crippen molar-refractivity contribution >= 4 is 39.7 Å².